The number of hydrogen-bond donors (Lipinski definition) is 1. The van der Waals surface area contributed by atoms with Crippen LogP contribution in [0.2, 0.25) is 0 Å². The first-order valence-corrected chi connectivity index (χ1v) is 3.10. The predicted octanol–water partition coefficient (Wildman–Crippen LogP) is 1.38. The van der Waals surface area contributed by atoms with E-state index < -0.39 is 0 Å². The molecule has 0 bridgehead atoms. The minimum Gasteiger partial charge on any atom is -0.402 e. The quantitative estimate of drug-likeness (QED) is 0.464. The Morgan fingerprint density at radius 3 is 1.70 bits per heavy atom. The van der Waals surface area contributed by atoms with Gasteiger partial charge in [-0.25, -0.2) is 0 Å². The van der Waals surface area contributed by atoms with E-state index >= 15 is 0 Å². The van der Waals surface area contributed by atoms with Crippen LogP contribution in [0.4, 0.5) is 0 Å². The molecule has 0 aromatic carbocycles. The number of nitrogens with two attached hydrogens (primary N) is 1. The molecule has 2 nitrogen and oxygen atoms in total. The number of ketones is 1. The molecular formula is C8H13NO. The smallest absolute Gasteiger partial charge is 0.161 e. The first-order chi connectivity index (χ1) is 4.46. The number of hydrogen-bond acceptors (Lipinski definition) is 2. The Bertz CT molecular complexity index is 181. The summed E-state index contributed by atoms with van der Waals surface area (Å²) in [4.78, 5) is 10.8. The zero-order valence-corrected chi connectivity index (χ0v) is 6.69. The van der Waals surface area contributed by atoms with E-state index in [1.807, 2.05) is 0 Å². The summed E-state index contributed by atoms with van der Waals surface area (Å²) in [6.45, 7) is 8.60. The maximum Gasteiger partial charge on any atom is 0.161 e. The van der Waals surface area contributed by atoms with Gasteiger partial charge < -0.3 is 5.73 Å². The van der Waals surface area contributed by atoms with Crippen LogP contribution in [0.25, 0.3) is 0 Å². The molecular weight excluding hydrogens is 126 g/mol. The lowest BCUT2D eigenvalue weighted by Gasteiger charge is -2.03. The van der Waals surface area contributed by atoms with E-state index in [-0.39, 0.29) is 5.78 Å². The molecule has 0 aliphatic carbocycles. The van der Waals surface area contributed by atoms with Gasteiger partial charge in [-0.15, -0.1) is 0 Å². The molecule has 10 heavy (non-hydrogen) atoms. The van der Waals surface area contributed by atoms with E-state index in [1.165, 1.54) is 6.92 Å². The van der Waals surface area contributed by atoms with Crippen LogP contribution >= 0.6 is 0 Å². The summed E-state index contributed by atoms with van der Waals surface area (Å²) in [5.41, 5.74) is 7.26. The highest BCUT2D eigenvalue weighted by molar-refractivity contribution is 5.97. The number of allylic oxidation sites excluding steroid dienone is 3. The second kappa shape index (κ2) is 3.20. The fraction of sp³-hybridized carbons (Fsp3) is 0.375. The second-order valence-corrected chi connectivity index (χ2v) is 2.39. The largest absolute Gasteiger partial charge is 0.402 e. The van der Waals surface area contributed by atoms with Crippen molar-refractivity contribution in [3.05, 3.63) is 23.4 Å². The van der Waals surface area contributed by atoms with Gasteiger partial charge in [0, 0.05) is 11.3 Å². The Hall–Kier alpha value is -1.05. The van der Waals surface area contributed by atoms with Gasteiger partial charge in [0.1, 0.15) is 0 Å². The highest BCUT2D eigenvalue weighted by Gasteiger charge is 2.05. The van der Waals surface area contributed by atoms with E-state index in [1.54, 1.807) is 13.8 Å². The topological polar surface area (TPSA) is 43.1 Å². The van der Waals surface area contributed by atoms with Crippen LogP contribution in [-0.2, 0) is 4.79 Å². The van der Waals surface area contributed by atoms with Gasteiger partial charge in [-0.3, -0.25) is 4.79 Å². The number of Topliss-reactive ketones (excluding diaryl/α,β-unsaturated/α-hetero) is 1. The Labute approximate surface area is 61.4 Å². The average Bonchev–Trinajstić information content (AvgIpc) is 1.59. The van der Waals surface area contributed by atoms with Crippen LogP contribution in [-0.4, -0.2) is 5.78 Å². The Kier molecular flexibility index (Phi) is 2.87. The number of rotatable bonds is 2. The lowest BCUT2D eigenvalue weighted by atomic mass is 10.0. The fourth-order valence-corrected chi connectivity index (χ4v) is 0.915. The van der Waals surface area contributed by atoms with Crippen molar-refractivity contribution < 1.29 is 4.79 Å². The molecule has 0 unspecified atom stereocenters. The molecule has 0 aromatic rings. The molecule has 0 amide bonds. The molecule has 0 aliphatic heterocycles. The molecule has 0 aromatic heterocycles. The van der Waals surface area contributed by atoms with E-state index in [2.05, 4.69) is 6.58 Å². The van der Waals surface area contributed by atoms with Crippen molar-refractivity contribution in [1.82, 2.24) is 0 Å². The SMILES string of the molecule is C=C(C)/C(C(C)=O)=C(/C)N. The van der Waals surface area contributed by atoms with Crippen LogP contribution in [0.3, 0.4) is 0 Å². The summed E-state index contributed by atoms with van der Waals surface area (Å²) in [7, 11) is 0. The van der Waals surface area contributed by atoms with Crippen LogP contribution in [0.1, 0.15) is 20.8 Å². The lowest BCUT2D eigenvalue weighted by Crippen LogP contribution is -2.06. The van der Waals surface area contributed by atoms with Gasteiger partial charge in [0.2, 0.25) is 0 Å². The zero-order chi connectivity index (χ0) is 8.31. The highest BCUT2D eigenvalue weighted by atomic mass is 16.1. The summed E-state index contributed by atoms with van der Waals surface area (Å²) < 4.78 is 0. The van der Waals surface area contributed by atoms with Crippen molar-refractivity contribution in [3.8, 4) is 0 Å². The summed E-state index contributed by atoms with van der Waals surface area (Å²) in [6, 6.07) is 0. The molecule has 0 fully saturated rings. The monoisotopic (exact) mass is 139 g/mol. The maximum absolute atomic E-state index is 10.8. The summed E-state index contributed by atoms with van der Waals surface area (Å²) in [5, 5.41) is 0. The van der Waals surface area contributed by atoms with Crippen molar-refractivity contribution >= 4 is 5.78 Å². The summed E-state index contributed by atoms with van der Waals surface area (Å²) in [5.74, 6) is -0.0208. The summed E-state index contributed by atoms with van der Waals surface area (Å²) >= 11 is 0. The van der Waals surface area contributed by atoms with E-state index in [0.29, 0.717) is 11.3 Å². The van der Waals surface area contributed by atoms with Crippen molar-refractivity contribution in [2.24, 2.45) is 5.73 Å². The van der Waals surface area contributed by atoms with Gasteiger partial charge >= 0.3 is 0 Å². The van der Waals surface area contributed by atoms with E-state index in [0.717, 1.165) is 5.57 Å². The van der Waals surface area contributed by atoms with Crippen LogP contribution in [0.5, 0.6) is 0 Å². The third-order valence-corrected chi connectivity index (χ3v) is 1.17. The standard InChI is InChI=1S/C8H13NO/c1-5(2)8(6(3)9)7(4)10/h1,9H2,2-4H3/b8-6+. The van der Waals surface area contributed by atoms with Crippen molar-refractivity contribution in [2.75, 3.05) is 0 Å². The van der Waals surface area contributed by atoms with Gasteiger partial charge in [0.25, 0.3) is 0 Å². The first-order valence-electron chi connectivity index (χ1n) is 3.10. The third kappa shape index (κ3) is 2.05. The molecule has 0 heterocycles. The maximum atomic E-state index is 10.8. The van der Waals surface area contributed by atoms with E-state index in [9.17, 15) is 4.79 Å². The van der Waals surface area contributed by atoms with Crippen molar-refractivity contribution in [1.29, 1.82) is 0 Å². The van der Waals surface area contributed by atoms with Gasteiger partial charge in [-0.2, -0.15) is 0 Å². The zero-order valence-electron chi connectivity index (χ0n) is 6.69. The van der Waals surface area contributed by atoms with Crippen LogP contribution in [0.15, 0.2) is 23.4 Å². The van der Waals surface area contributed by atoms with Gasteiger partial charge in [-0.1, -0.05) is 6.58 Å². The molecule has 2 N–H and O–H groups in total. The van der Waals surface area contributed by atoms with Crippen LogP contribution in [0, 0.1) is 0 Å². The molecule has 0 spiro atoms. The minimum atomic E-state index is -0.0208. The number of carbonyl (C=O) groups excluding carboxylic acids is 1. The van der Waals surface area contributed by atoms with Gasteiger partial charge in [0.15, 0.2) is 5.78 Å². The highest BCUT2D eigenvalue weighted by Crippen LogP contribution is 2.09. The fourth-order valence-electron chi connectivity index (χ4n) is 0.915. The second-order valence-electron chi connectivity index (χ2n) is 2.39. The van der Waals surface area contributed by atoms with Gasteiger partial charge in [-0.05, 0) is 26.3 Å². The molecule has 0 rings (SSSR count). The van der Waals surface area contributed by atoms with Crippen molar-refractivity contribution in [2.45, 2.75) is 20.8 Å². The summed E-state index contributed by atoms with van der Waals surface area (Å²) in [6.07, 6.45) is 0. The molecule has 0 atom stereocenters. The molecule has 2 heteroatoms. The van der Waals surface area contributed by atoms with Gasteiger partial charge in [0.05, 0.1) is 0 Å². The average molecular weight is 139 g/mol. The molecule has 0 aliphatic rings. The lowest BCUT2D eigenvalue weighted by molar-refractivity contribution is -0.113. The molecule has 0 radical (unpaired) electrons. The Balaban J connectivity index is 4.79. The Morgan fingerprint density at radius 2 is 1.70 bits per heavy atom. The number of carbonyl (C=O) groups is 1. The molecule has 0 saturated heterocycles. The molecule has 0 saturated carbocycles. The first kappa shape index (κ1) is 8.95. The third-order valence-electron chi connectivity index (χ3n) is 1.17. The minimum absolute atomic E-state index is 0.0208. The normalized spacial score (nSPS) is 12.3. The molecule has 56 valence electrons. The van der Waals surface area contributed by atoms with E-state index in [4.69, 9.17) is 5.73 Å². The predicted molar refractivity (Wildman–Crippen MR) is 42.4 cm³/mol. The van der Waals surface area contributed by atoms with Crippen molar-refractivity contribution in [3.63, 3.8) is 0 Å². The Morgan fingerprint density at radius 1 is 1.30 bits per heavy atom. The van der Waals surface area contributed by atoms with Crippen LogP contribution < -0.4 is 5.73 Å².